The summed E-state index contributed by atoms with van der Waals surface area (Å²) in [6.07, 6.45) is 3.33. The fraction of sp³-hybridized carbons (Fsp3) is 0.316. The summed E-state index contributed by atoms with van der Waals surface area (Å²) < 4.78 is 0. The van der Waals surface area contributed by atoms with Crippen LogP contribution in [0.5, 0.6) is 0 Å². The molecule has 0 atom stereocenters. The third-order valence-corrected chi connectivity index (χ3v) is 5.02. The van der Waals surface area contributed by atoms with Crippen LogP contribution in [0.25, 0.3) is 0 Å². The van der Waals surface area contributed by atoms with Gasteiger partial charge in [0.15, 0.2) is 0 Å². The van der Waals surface area contributed by atoms with Gasteiger partial charge >= 0.3 is 0 Å². The lowest BCUT2D eigenvalue weighted by Crippen LogP contribution is -2.22. The molecule has 2 aromatic rings. The third kappa shape index (κ3) is 5.18. The minimum absolute atomic E-state index is 0.740. The van der Waals surface area contributed by atoms with Gasteiger partial charge in [-0.2, -0.15) is 0 Å². The molecule has 3 nitrogen and oxygen atoms in total. The van der Waals surface area contributed by atoms with E-state index < -0.39 is 0 Å². The second-order valence-electron chi connectivity index (χ2n) is 5.75. The molecule has 0 aliphatic carbocycles. The summed E-state index contributed by atoms with van der Waals surface area (Å²) in [6.45, 7) is 0.740. The van der Waals surface area contributed by atoms with Crippen LogP contribution >= 0.6 is 23.4 Å². The lowest BCUT2D eigenvalue weighted by molar-refractivity contribution is 0.800. The Hall–Kier alpha value is -1.65. The van der Waals surface area contributed by atoms with Gasteiger partial charge in [0.05, 0.1) is 17.3 Å². The highest BCUT2D eigenvalue weighted by molar-refractivity contribution is 7.99. The van der Waals surface area contributed by atoms with Crippen LogP contribution in [0.2, 0.25) is 5.02 Å². The number of nitrogens with zero attached hydrogens (tertiary/aromatic N) is 1. The van der Waals surface area contributed by atoms with Crippen molar-refractivity contribution in [1.29, 1.82) is 0 Å². The molecule has 0 saturated carbocycles. The molecule has 0 amide bonds. The Kier molecular flexibility index (Phi) is 6.44. The van der Waals surface area contributed by atoms with Crippen LogP contribution in [0.1, 0.15) is 24.8 Å². The van der Waals surface area contributed by atoms with Gasteiger partial charge in [0.2, 0.25) is 0 Å². The Morgan fingerprint density at radius 3 is 2.96 bits per heavy atom. The van der Waals surface area contributed by atoms with E-state index in [4.69, 9.17) is 16.6 Å². The largest absolute Gasteiger partial charge is 0.374 e. The minimum atomic E-state index is 0.740. The third-order valence-electron chi connectivity index (χ3n) is 3.86. The highest BCUT2D eigenvalue weighted by Crippen LogP contribution is 2.26. The zero-order valence-electron chi connectivity index (χ0n) is 13.6. The number of amidine groups is 1. The number of rotatable bonds is 2. The SMILES string of the molecule is Clc1cccc(CN/C2=N/c3ccccc3NCSCCCC2)c1. The molecule has 1 aliphatic heterocycles. The van der Waals surface area contributed by atoms with E-state index in [1.165, 1.54) is 17.7 Å². The number of para-hydroxylation sites is 2. The van der Waals surface area contributed by atoms with E-state index in [2.05, 4.69) is 28.8 Å². The fourth-order valence-corrected chi connectivity index (χ4v) is 3.62. The van der Waals surface area contributed by atoms with Gasteiger partial charge in [-0.25, -0.2) is 4.99 Å². The monoisotopic (exact) mass is 359 g/mol. The molecule has 0 spiro atoms. The summed E-state index contributed by atoms with van der Waals surface area (Å²) in [5, 5.41) is 7.74. The van der Waals surface area contributed by atoms with E-state index >= 15 is 0 Å². The Morgan fingerprint density at radius 2 is 2.04 bits per heavy atom. The average molecular weight is 360 g/mol. The predicted octanol–water partition coefficient (Wildman–Crippen LogP) is 5.45. The first-order valence-electron chi connectivity index (χ1n) is 8.28. The summed E-state index contributed by atoms with van der Waals surface area (Å²) in [5.74, 6) is 3.14. The van der Waals surface area contributed by atoms with Gasteiger partial charge in [0, 0.05) is 18.0 Å². The molecule has 5 heteroatoms. The quantitative estimate of drug-likeness (QED) is 0.748. The summed E-state index contributed by atoms with van der Waals surface area (Å²) in [7, 11) is 0. The molecule has 0 saturated heterocycles. The number of halogens is 1. The number of thioether (sulfide) groups is 1. The number of aliphatic imine (C=N–C) groups is 1. The molecule has 24 heavy (non-hydrogen) atoms. The summed E-state index contributed by atoms with van der Waals surface area (Å²) >= 11 is 8.01. The van der Waals surface area contributed by atoms with Crippen molar-refractivity contribution in [1.82, 2.24) is 5.32 Å². The maximum absolute atomic E-state index is 6.07. The molecule has 3 rings (SSSR count). The first kappa shape index (κ1) is 17.2. The average Bonchev–Trinajstić information content (AvgIpc) is 2.64. The number of hydrogen-bond donors (Lipinski definition) is 2. The highest BCUT2D eigenvalue weighted by atomic mass is 35.5. The fourth-order valence-electron chi connectivity index (χ4n) is 2.60. The van der Waals surface area contributed by atoms with Gasteiger partial charge in [-0.3, -0.25) is 0 Å². The Bertz CT molecular complexity index is 703. The zero-order chi connectivity index (χ0) is 16.6. The van der Waals surface area contributed by atoms with E-state index in [0.29, 0.717) is 0 Å². The lowest BCUT2D eigenvalue weighted by Gasteiger charge is -2.12. The number of hydrogen-bond acceptors (Lipinski definition) is 4. The molecular formula is C19H22ClN3S. The molecule has 0 bridgehead atoms. The van der Waals surface area contributed by atoms with Gasteiger partial charge in [-0.15, -0.1) is 11.8 Å². The van der Waals surface area contributed by atoms with Crippen LogP contribution in [-0.2, 0) is 6.54 Å². The Balaban J connectivity index is 1.77. The minimum Gasteiger partial charge on any atom is -0.374 e. The molecular weight excluding hydrogens is 338 g/mol. The highest BCUT2D eigenvalue weighted by Gasteiger charge is 2.06. The molecule has 0 radical (unpaired) electrons. The molecule has 0 aromatic heterocycles. The molecule has 2 N–H and O–H groups in total. The second kappa shape index (κ2) is 9.00. The van der Waals surface area contributed by atoms with E-state index in [1.807, 2.05) is 42.1 Å². The maximum atomic E-state index is 6.07. The van der Waals surface area contributed by atoms with Gasteiger partial charge in [0.25, 0.3) is 0 Å². The van der Waals surface area contributed by atoms with Gasteiger partial charge < -0.3 is 10.6 Å². The van der Waals surface area contributed by atoms with E-state index in [1.54, 1.807) is 0 Å². The van der Waals surface area contributed by atoms with Crippen molar-refractivity contribution in [2.75, 3.05) is 16.9 Å². The van der Waals surface area contributed by atoms with Crippen molar-refractivity contribution >= 4 is 40.6 Å². The van der Waals surface area contributed by atoms with Crippen molar-refractivity contribution in [2.45, 2.75) is 25.8 Å². The van der Waals surface area contributed by atoms with Crippen molar-refractivity contribution in [3.05, 3.63) is 59.1 Å². The van der Waals surface area contributed by atoms with Crippen LogP contribution < -0.4 is 10.6 Å². The topological polar surface area (TPSA) is 36.4 Å². The van der Waals surface area contributed by atoms with Gasteiger partial charge in [-0.1, -0.05) is 35.9 Å². The zero-order valence-corrected chi connectivity index (χ0v) is 15.2. The van der Waals surface area contributed by atoms with E-state index in [-0.39, 0.29) is 0 Å². The van der Waals surface area contributed by atoms with Crippen molar-refractivity contribution in [3.8, 4) is 0 Å². The summed E-state index contributed by atoms with van der Waals surface area (Å²) in [4.78, 5) is 4.88. The van der Waals surface area contributed by atoms with E-state index in [0.717, 1.165) is 47.5 Å². The standard InChI is InChI=1S/C19H22ClN3S/c20-16-7-5-6-15(12-16)13-21-19-10-3-4-11-24-14-22-17-8-1-2-9-18(17)23-19/h1-2,5-9,12,22H,3-4,10-11,13-14H2,(H,21,23). The van der Waals surface area contributed by atoms with Crippen molar-refractivity contribution in [2.24, 2.45) is 4.99 Å². The van der Waals surface area contributed by atoms with Crippen LogP contribution in [-0.4, -0.2) is 17.5 Å². The maximum Gasteiger partial charge on any atom is 0.103 e. The molecule has 0 unspecified atom stereocenters. The Labute approximate surface area is 152 Å². The first-order valence-corrected chi connectivity index (χ1v) is 9.81. The number of benzene rings is 2. The first-order chi connectivity index (χ1) is 11.8. The smallest absolute Gasteiger partial charge is 0.103 e. The second-order valence-corrected chi connectivity index (χ2v) is 7.29. The van der Waals surface area contributed by atoms with Gasteiger partial charge in [-0.05, 0) is 48.4 Å². The van der Waals surface area contributed by atoms with E-state index in [9.17, 15) is 0 Å². The van der Waals surface area contributed by atoms with Crippen LogP contribution in [0.3, 0.4) is 0 Å². The molecule has 1 aliphatic rings. The van der Waals surface area contributed by atoms with Gasteiger partial charge in [0.1, 0.15) is 5.84 Å². The molecule has 1 heterocycles. The Morgan fingerprint density at radius 1 is 1.12 bits per heavy atom. The normalized spacial score (nSPS) is 17.6. The molecule has 2 aromatic carbocycles. The molecule has 0 fully saturated rings. The van der Waals surface area contributed by atoms with Crippen molar-refractivity contribution in [3.63, 3.8) is 0 Å². The predicted molar refractivity (Wildman–Crippen MR) is 107 cm³/mol. The number of nitrogens with one attached hydrogen (secondary N) is 2. The summed E-state index contributed by atoms with van der Waals surface area (Å²) in [6, 6.07) is 16.2. The van der Waals surface area contributed by atoms with Crippen LogP contribution in [0.15, 0.2) is 53.5 Å². The van der Waals surface area contributed by atoms with Crippen LogP contribution in [0.4, 0.5) is 11.4 Å². The number of anilines is 1. The summed E-state index contributed by atoms with van der Waals surface area (Å²) in [5.41, 5.74) is 3.25. The molecule has 126 valence electrons. The van der Waals surface area contributed by atoms with Crippen LogP contribution in [0, 0.1) is 0 Å². The number of fused-ring (bicyclic) bond motifs is 1. The van der Waals surface area contributed by atoms with Crippen molar-refractivity contribution < 1.29 is 0 Å². The lowest BCUT2D eigenvalue weighted by atomic mass is 10.2.